The Morgan fingerprint density at radius 2 is 1.49 bits per heavy atom. The molecule has 7 aromatic rings. The smallest absolute Gasteiger partial charge is 0.0622 e. The maximum absolute atomic E-state index is 2.51. The SMILES string of the molecule is C1=CCC(c2cccc(-c3ccc(-n4c5ccccc5c5c6c(ccc7ccccc76)c6c(c54)C=CCC6)cc3)c2)C=C1. The lowest BCUT2D eigenvalue weighted by Crippen LogP contribution is -2.02. The molecule has 0 amide bonds. The van der Waals surface area contributed by atoms with E-state index in [-0.39, 0.29) is 0 Å². The molecule has 1 aromatic heterocycles. The van der Waals surface area contributed by atoms with Crippen LogP contribution in [0.5, 0.6) is 0 Å². The van der Waals surface area contributed by atoms with Gasteiger partial charge in [-0.25, -0.2) is 0 Å². The van der Waals surface area contributed by atoms with Crippen LogP contribution in [0.15, 0.2) is 140 Å². The second kappa shape index (κ2) is 9.71. The van der Waals surface area contributed by atoms with Gasteiger partial charge < -0.3 is 4.57 Å². The third-order valence-electron chi connectivity index (χ3n) is 9.56. The van der Waals surface area contributed by atoms with E-state index in [0.29, 0.717) is 5.92 Å². The fraction of sp³-hybridized carbons (Fsp3) is 0.0952. The number of nitrogens with zero attached hydrogens (tertiary/aromatic N) is 1. The number of hydrogen-bond donors (Lipinski definition) is 0. The van der Waals surface area contributed by atoms with Crippen LogP contribution in [0.3, 0.4) is 0 Å². The van der Waals surface area contributed by atoms with Crippen molar-refractivity contribution in [3.05, 3.63) is 156 Å². The lowest BCUT2D eigenvalue weighted by Gasteiger charge is -2.19. The summed E-state index contributed by atoms with van der Waals surface area (Å²) in [5.41, 5.74) is 10.5. The second-order valence-corrected chi connectivity index (χ2v) is 11.9. The van der Waals surface area contributed by atoms with Crippen molar-refractivity contribution >= 4 is 49.4 Å². The number of para-hydroxylation sites is 1. The molecule has 0 saturated carbocycles. The topological polar surface area (TPSA) is 4.93 Å². The van der Waals surface area contributed by atoms with Crippen molar-refractivity contribution in [3.8, 4) is 16.8 Å². The van der Waals surface area contributed by atoms with Crippen LogP contribution in [-0.2, 0) is 6.42 Å². The lowest BCUT2D eigenvalue weighted by atomic mass is 9.86. The van der Waals surface area contributed by atoms with Crippen molar-refractivity contribution in [2.45, 2.75) is 25.2 Å². The summed E-state index contributed by atoms with van der Waals surface area (Å²) in [7, 11) is 0. The molecule has 0 bridgehead atoms. The Bertz CT molecular complexity index is 2310. The summed E-state index contributed by atoms with van der Waals surface area (Å²) in [4.78, 5) is 0. The minimum Gasteiger partial charge on any atom is -0.309 e. The van der Waals surface area contributed by atoms with Crippen LogP contribution >= 0.6 is 0 Å². The first-order valence-electron chi connectivity index (χ1n) is 15.5. The molecule has 0 radical (unpaired) electrons. The lowest BCUT2D eigenvalue weighted by molar-refractivity contribution is 0.854. The molecule has 9 rings (SSSR count). The van der Waals surface area contributed by atoms with E-state index in [1.165, 1.54) is 76.9 Å². The average Bonchev–Trinajstić information content (AvgIpc) is 3.44. The Labute approximate surface area is 251 Å². The molecule has 1 unspecified atom stereocenters. The van der Waals surface area contributed by atoms with Gasteiger partial charge in [-0.2, -0.15) is 0 Å². The van der Waals surface area contributed by atoms with Gasteiger partial charge in [0.1, 0.15) is 0 Å². The van der Waals surface area contributed by atoms with Gasteiger partial charge in [-0.1, -0.05) is 127 Å². The first-order chi connectivity index (χ1) is 21.3. The van der Waals surface area contributed by atoms with E-state index in [1.54, 1.807) is 0 Å². The van der Waals surface area contributed by atoms with Gasteiger partial charge in [-0.05, 0) is 81.3 Å². The number of hydrogen-bond acceptors (Lipinski definition) is 0. The van der Waals surface area contributed by atoms with Crippen molar-refractivity contribution in [2.75, 3.05) is 0 Å². The Morgan fingerprint density at radius 1 is 0.628 bits per heavy atom. The molecule has 204 valence electrons. The Balaban J connectivity index is 1.29. The number of aryl methyl sites for hydroxylation is 1. The third-order valence-corrected chi connectivity index (χ3v) is 9.56. The molecule has 0 aliphatic heterocycles. The minimum absolute atomic E-state index is 0.451. The van der Waals surface area contributed by atoms with Crippen LogP contribution < -0.4 is 0 Å². The number of allylic oxidation sites excluding steroid dienone is 5. The fourth-order valence-electron chi connectivity index (χ4n) is 7.55. The van der Waals surface area contributed by atoms with Gasteiger partial charge in [0.2, 0.25) is 0 Å². The Kier molecular flexibility index (Phi) is 5.52. The summed E-state index contributed by atoms with van der Waals surface area (Å²) in [5.74, 6) is 0.451. The molecule has 0 fully saturated rings. The van der Waals surface area contributed by atoms with Crippen LogP contribution in [0.4, 0.5) is 0 Å². The summed E-state index contributed by atoms with van der Waals surface area (Å²) in [6.45, 7) is 0. The number of fused-ring (bicyclic) bond motifs is 10. The van der Waals surface area contributed by atoms with Crippen molar-refractivity contribution in [2.24, 2.45) is 0 Å². The first-order valence-corrected chi connectivity index (χ1v) is 15.5. The quantitative estimate of drug-likeness (QED) is 0.193. The van der Waals surface area contributed by atoms with Gasteiger partial charge in [0, 0.05) is 27.9 Å². The second-order valence-electron chi connectivity index (χ2n) is 11.9. The summed E-state index contributed by atoms with van der Waals surface area (Å²) in [5, 5.41) is 8.09. The highest BCUT2D eigenvalue weighted by Gasteiger charge is 2.23. The highest BCUT2D eigenvalue weighted by Crippen LogP contribution is 2.45. The molecule has 0 spiro atoms. The molecule has 0 saturated heterocycles. The van der Waals surface area contributed by atoms with Crippen LogP contribution in [0.2, 0.25) is 0 Å². The number of rotatable bonds is 3. The zero-order valence-corrected chi connectivity index (χ0v) is 24.0. The van der Waals surface area contributed by atoms with Crippen LogP contribution in [0.1, 0.15) is 35.4 Å². The summed E-state index contributed by atoms with van der Waals surface area (Å²) >= 11 is 0. The van der Waals surface area contributed by atoms with Gasteiger partial charge in [0.25, 0.3) is 0 Å². The van der Waals surface area contributed by atoms with E-state index < -0.39 is 0 Å². The van der Waals surface area contributed by atoms with E-state index in [1.807, 2.05) is 0 Å². The van der Waals surface area contributed by atoms with Crippen molar-refractivity contribution in [1.29, 1.82) is 0 Å². The van der Waals surface area contributed by atoms with Crippen LogP contribution in [-0.4, -0.2) is 4.57 Å². The highest BCUT2D eigenvalue weighted by atomic mass is 15.0. The van der Waals surface area contributed by atoms with Crippen molar-refractivity contribution in [3.63, 3.8) is 0 Å². The van der Waals surface area contributed by atoms with E-state index in [4.69, 9.17) is 0 Å². The van der Waals surface area contributed by atoms with E-state index >= 15 is 0 Å². The normalized spacial score (nSPS) is 16.0. The maximum Gasteiger partial charge on any atom is 0.0622 e. The van der Waals surface area contributed by atoms with Crippen molar-refractivity contribution in [1.82, 2.24) is 4.57 Å². The minimum atomic E-state index is 0.451. The van der Waals surface area contributed by atoms with Gasteiger partial charge >= 0.3 is 0 Å². The van der Waals surface area contributed by atoms with E-state index in [0.717, 1.165) is 19.3 Å². The maximum atomic E-state index is 2.51. The summed E-state index contributed by atoms with van der Waals surface area (Å²) < 4.78 is 2.51. The Hall–Kier alpha value is -5.14. The standard InChI is InChI=1S/C42H31N/c1-2-11-28(12-3-1)31-14-10-15-32(27-31)29-21-24-33(25-22-29)43-39-20-9-8-19-38(39)41-40-34-16-5-4-13-30(34)23-26-36(40)35-17-6-7-18-37(35)42(41)43/h1-5,7-11,13-16,18-28H,6,12,17H2. The van der Waals surface area contributed by atoms with Gasteiger partial charge in [-0.3, -0.25) is 0 Å². The molecule has 2 aliphatic rings. The van der Waals surface area contributed by atoms with Crippen LogP contribution in [0.25, 0.3) is 66.2 Å². The predicted molar refractivity (Wildman–Crippen MR) is 184 cm³/mol. The molecule has 1 atom stereocenters. The monoisotopic (exact) mass is 549 g/mol. The number of aromatic nitrogens is 1. The average molecular weight is 550 g/mol. The Morgan fingerprint density at radius 3 is 2.37 bits per heavy atom. The molecular weight excluding hydrogens is 518 g/mol. The van der Waals surface area contributed by atoms with Gasteiger partial charge in [0.05, 0.1) is 11.0 Å². The van der Waals surface area contributed by atoms with Crippen molar-refractivity contribution < 1.29 is 0 Å². The molecule has 1 heteroatoms. The molecule has 0 N–H and O–H groups in total. The first kappa shape index (κ1) is 24.5. The van der Waals surface area contributed by atoms with Gasteiger partial charge in [0.15, 0.2) is 0 Å². The van der Waals surface area contributed by atoms with E-state index in [9.17, 15) is 0 Å². The fourth-order valence-corrected chi connectivity index (χ4v) is 7.55. The molecule has 6 aromatic carbocycles. The zero-order valence-electron chi connectivity index (χ0n) is 24.0. The third kappa shape index (κ3) is 3.78. The van der Waals surface area contributed by atoms with E-state index in [2.05, 4.69) is 150 Å². The molecule has 1 nitrogen and oxygen atoms in total. The molecule has 1 heterocycles. The van der Waals surface area contributed by atoms with Gasteiger partial charge in [-0.15, -0.1) is 0 Å². The summed E-state index contributed by atoms with van der Waals surface area (Å²) in [6.07, 6.45) is 16.8. The molecule has 2 aliphatic carbocycles. The highest BCUT2D eigenvalue weighted by molar-refractivity contribution is 6.30. The predicted octanol–water partition coefficient (Wildman–Crippen LogP) is 11.3. The largest absolute Gasteiger partial charge is 0.309 e. The molecular formula is C42H31N. The summed E-state index contributed by atoms with van der Waals surface area (Å²) in [6, 6.07) is 40.8. The molecule has 43 heavy (non-hydrogen) atoms. The van der Waals surface area contributed by atoms with Crippen LogP contribution in [0, 0.1) is 0 Å². The number of benzene rings is 6. The zero-order chi connectivity index (χ0) is 28.3.